The van der Waals surface area contributed by atoms with Gasteiger partial charge in [0, 0.05) is 5.56 Å². The van der Waals surface area contributed by atoms with Crippen LogP contribution in [-0.4, -0.2) is 19.7 Å². The van der Waals surface area contributed by atoms with Crippen LogP contribution < -0.4 is 5.56 Å². The van der Waals surface area contributed by atoms with Gasteiger partial charge in [-0.05, 0) is 12.1 Å². The van der Waals surface area contributed by atoms with Gasteiger partial charge in [-0.3, -0.25) is 4.79 Å². The van der Waals surface area contributed by atoms with Crippen molar-refractivity contribution < 1.29 is 0 Å². The number of para-hydroxylation sites is 1. The SMILES string of the molecule is O=c1[nH]c(-c2ccccc2)nc2cnn(-c3ccccc3)c12. The first-order chi connectivity index (χ1) is 10.8. The molecule has 0 radical (unpaired) electrons. The molecular weight excluding hydrogens is 276 g/mol. The number of nitrogens with zero attached hydrogens (tertiary/aromatic N) is 3. The molecule has 106 valence electrons. The van der Waals surface area contributed by atoms with E-state index in [0.29, 0.717) is 16.9 Å². The standard InChI is InChI=1S/C17H12N4O/c22-17-15-14(11-18-21(15)13-9-5-2-6-10-13)19-16(20-17)12-7-3-1-4-8-12/h1-11H,(H,19,20,22). The number of nitrogens with one attached hydrogen (secondary N) is 1. The summed E-state index contributed by atoms with van der Waals surface area (Å²) in [5.41, 5.74) is 2.52. The van der Waals surface area contributed by atoms with Gasteiger partial charge < -0.3 is 4.98 Å². The zero-order valence-corrected chi connectivity index (χ0v) is 11.6. The fourth-order valence-electron chi connectivity index (χ4n) is 2.45. The van der Waals surface area contributed by atoms with Gasteiger partial charge in [-0.25, -0.2) is 9.67 Å². The molecule has 2 aromatic heterocycles. The number of aromatic amines is 1. The molecule has 5 nitrogen and oxygen atoms in total. The molecule has 0 aliphatic heterocycles. The molecule has 0 saturated carbocycles. The summed E-state index contributed by atoms with van der Waals surface area (Å²) in [5, 5.41) is 4.30. The van der Waals surface area contributed by atoms with Crippen molar-refractivity contribution in [3.8, 4) is 17.1 Å². The average Bonchev–Trinajstić information content (AvgIpc) is 3.01. The van der Waals surface area contributed by atoms with Crippen molar-refractivity contribution in [1.82, 2.24) is 19.7 Å². The molecule has 0 amide bonds. The van der Waals surface area contributed by atoms with E-state index in [-0.39, 0.29) is 5.56 Å². The molecular formula is C17H12N4O. The van der Waals surface area contributed by atoms with Crippen LogP contribution in [0.25, 0.3) is 28.1 Å². The summed E-state index contributed by atoms with van der Waals surface area (Å²) in [7, 11) is 0. The number of hydrogen-bond acceptors (Lipinski definition) is 3. The summed E-state index contributed by atoms with van der Waals surface area (Å²) < 4.78 is 1.61. The van der Waals surface area contributed by atoms with Crippen molar-refractivity contribution >= 4 is 11.0 Å². The highest BCUT2D eigenvalue weighted by Gasteiger charge is 2.12. The fraction of sp³-hybridized carbons (Fsp3) is 0. The Morgan fingerprint density at radius 3 is 2.32 bits per heavy atom. The van der Waals surface area contributed by atoms with Crippen molar-refractivity contribution in [2.45, 2.75) is 0 Å². The summed E-state index contributed by atoms with van der Waals surface area (Å²) in [6.45, 7) is 0. The Kier molecular flexibility index (Phi) is 2.83. The molecule has 2 aromatic carbocycles. The maximum atomic E-state index is 12.5. The van der Waals surface area contributed by atoms with Crippen molar-refractivity contribution in [3.63, 3.8) is 0 Å². The lowest BCUT2D eigenvalue weighted by molar-refractivity contribution is 0.904. The fourth-order valence-corrected chi connectivity index (χ4v) is 2.45. The molecule has 0 bridgehead atoms. The molecule has 0 atom stereocenters. The van der Waals surface area contributed by atoms with Crippen molar-refractivity contribution in [3.05, 3.63) is 77.2 Å². The number of benzene rings is 2. The van der Waals surface area contributed by atoms with E-state index in [1.165, 1.54) is 0 Å². The van der Waals surface area contributed by atoms with E-state index >= 15 is 0 Å². The van der Waals surface area contributed by atoms with Crippen LogP contribution in [0.15, 0.2) is 71.7 Å². The third kappa shape index (κ3) is 2.00. The highest BCUT2D eigenvalue weighted by Crippen LogP contribution is 2.17. The lowest BCUT2D eigenvalue weighted by atomic mass is 10.2. The average molecular weight is 288 g/mol. The summed E-state index contributed by atoms with van der Waals surface area (Å²) in [4.78, 5) is 19.8. The number of hydrogen-bond donors (Lipinski definition) is 1. The maximum absolute atomic E-state index is 12.5. The Hall–Kier alpha value is -3.21. The van der Waals surface area contributed by atoms with E-state index in [9.17, 15) is 4.79 Å². The Morgan fingerprint density at radius 1 is 0.909 bits per heavy atom. The molecule has 5 heteroatoms. The van der Waals surface area contributed by atoms with Crippen LogP contribution in [0.4, 0.5) is 0 Å². The van der Waals surface area contributed by atoms with Gasteiger partial charge in [0.15, 0.2) is 5.52 Å². The zero-order chi connectivity index (χ0) is 14.9. The summed E-state index contributed by atoms with van der Waals surface area (Å²) in [6.07, 6.45) is 1.62. The molecule has 2 heterocycles. The maximum Gasteiger partial charge on any atom is 0.277 e. The second-order valence-corrected chi connectivity index (χ2v) is 4.91. The van der Waals surface area contributed by atoms with E-state index in [4.69, 9.17) is 0 Å². The van der Waals surface area contributed by atoms with Crippen LogP contribution >= 0.6 is 0 Å². The van der Waals surface area contributed by atoms with Crippen LogP contribution in [0.3, 0.4) is 0 Å². The second kappa shape index (κ2) is 4.96. The second-order valence-electron chi connectivity index (χ2n) is 4.91. The van der Waals surface area contributed by atoms with Gasteiger partial charge in [-0.1, -0.05) is 48.5 Å². The number of rotatable bonds is 2. The first-order valence-corrected chi connectivity index (χ1v) is 6.92. The smallest absolute Gasteiger partial charge is 0.277 e. The Labute approximate surface area is 125 Å². The normalized spacial score (nSPS) is 10.9. The van der Waals surface area contributed by atoms with E-state index < -0.39 is 0 Å². The first kappa shape index (κ1) is 12.5. The molecule has 0 saturated heterocycles. The monoisotopic (exact) mass is 288 g/mol. The molecule has 4 aromatic rings. The number of aromatic nitrogens is 4. The summed E-state index contributed by atoms with van der Waals surface area (Å²) >= 11 is 0. The molecule has 4 rings (SSSR count). The van der Waals surface area contributed by atoms with Crippen LogP contribution in [-0.2, 0) is 0 Å². The number of H-pyrrole nitrogens is 1. The van der Waals surface area contributed by atoms with Crippen molar-refractivity contribution in [2.75, 3.05) is 0 Å². The van der Waals surface area contributed by atoms with E-state index in [1.54, 1.807) is 10.9 Å². The third-order valence-electron chi connectivity index (χ3n) is 3.48. The molecule has 0 aliphatic rings. The molecule has 0 aliphatic carbocycles. The third-order valence-corrected chi connectivity index (χ3v) is 3.48. The van der Waals surface area contributed by atoms with Gasteiger partial charge in [0.1, 0.15) is 11.3 Å². The minimum absolute atomic E-state index is 0.204. The van der Waals surface area contributed by atoms with E-state index in [0.717, 1.165) is 11.3 Å². The van der Waals surface area contributed by atoms with Gasteiger partial charge in [-0.2, -0.15) is 5.10 Å². The van der Waals surface area contributed by atoms with Crippen LogP contribution in [0.1, 0.15) is 0 Å². The van der Waals surface area contributed by atoms with Gasteiger partial charge in [0.25, 0.3) is 5.56 Å². The minimum atomic E-state index is -0.204. The quantitative estimate of drug-likeness (QED) is 0.617. The molecule has 22 heavy (non-hydrogen) atoms. The Bertz CT molecular complexity index is 988. The molecule has 0 spiro atoms. The topological polar surface area (TPSA) is 63.6 Å². The van der Waals surface area contributed by atoms with Crippen LogP contribution in [0, 0.1) is 0 Å². The summed E-state index contributed by atoms with van der Waals surface area (Å²) in [5.74, 6) is 0.547. The van der Waals surface area contributed by atoms with E-state index in [1.807, 2.05) is 60.7 Å². The van der Waals surface area contributed by atoms with Crippen molar-refractivity contribution in [2.24, 2.45) is 0 Å². The summed E-state index contributed by atoms with van der Waals surface area (Å²) in [6, 6.07) is 19.1. The minimum Gasteiger partial charge on any atom is -0.305 e. The molecule has 1 N–H and O–H groups in total. The highest BCUT2D eigenvalue weighted by atomic mass is 16.1. The highest BCUT2D eigenvalue weighted by molar-refractivity contribution is 5.77. The first-order valence-electron chi connectivity index (χ1n) is 6.92. The lowest BCUT2D eigenvalue weighted by Crippen LogP contribution is -2.13. The molecule has 0 fully saturated rings. The van der Waals surface area contributed by atoms with Crippen LogP contribution in [0.2, 0.25) is 0 Å². The van der Waals surface area contributed by atoms with Gasteiger partial charge >= 0.3 is 0 Å². The largest absolute Gasteiger partial charge is 0.305 e. The van der Waals surface area contributed by atoms with Crippen molar-refractivity contribution in [1.29, 1.82) is 0 Å². The van der Waals surface area contributed by atoms with Gasteiger partial charge in [0.2, 0.25) is 0 Å². The zero-order valence-electron chi connectivity index (χ0n) is 11.6. The Balaban J connectivity index is 1.94. The predicted molar refractivity (Wildman–Crippen MR) is 84.9 cm³/mol. The Morgan fingerprint density at radius 2 is 1.59 bits per heavy atom. The van der Waals surface area contributed by atoms with Crippen LogP contribution in [0.5, 0.6) is 0 Å². The van der Waals surface area contributed by atoms with E-state index in [2.05, 4.69) is 15.1 Å². The molecule has 0 unspecified atom stereocenters. The predicted octanol–water partition coefficient (Wildman–Crippen LogP) is 2.78. The lowest BCUT2D eigenvalue weighted by Gasteiger charge is -2.03. The number of fused-ring (bicyclic) bond motifs is 1. The van der Waals surface area contributed by atoms with Gasteiger partial charge in [0.05, 0.1) is 11.9 Å². The van der Waals surface area contributed by atoms with Gasteiger partial charge in [-0.15, -0.1) is 0 Å².